The number of amides is 2. The zero-order valence-electron chi connectivity index (χ0n) is 19.7. The summed E-state index contributed by atoms with van der Waals surface area (Å²) in [5, 5.41) is 5.36. The maximum Gasteiger partial charge on any atom is 0.247 e. The molecule has 0 spiro atoms. The summed E-state index contributed by atoms with van der Waals surface area (Å²) in [6.07, 6.45) is 1.07. The number of sulfonamides is 1. The highest BCUT2D eigenvalue weighted by atomic mass is 35.5. The Labute approximate surface area is 211 Å². The highest BCUT2D eigenvalue weighted by molar-refractivity contribution is 7.89. The molecule has 2 aromatic rings. The summed E-state index contributed by atoms with van der Waals surface area (Å²) < 4.78 is 27.1. The molecule has 0 radical (unpaired) electrons. The standard InChI is InChI=1S/C24H31ClN4O5S/c1-3-29(4-2)35(33,34)18-11-12-19(25)22(16-18)28-24(32)21(27-23(31)20(26)14-15-30)13-10-17-8-6-5-7-9-17/h5-9,11-12,15-16,20-21H,3-4,10,13-14,26H2,1-2H3,(H,27,31)(H,28,32). The molecule has 0 fully saturated rings. The number of halogens is 1. The zero-order valence-corrected chi connectivity index (χ0v) is 21.3. The first-order chi connectivity index (χ1) is 16.6. The van der Waals surface area contributed by atoms with Gasteiger partial charge in [-0.3, -0.25) is 9.59 Å². The number of nitrogens with one attached hydrogen (secondary N) is 2. The molecule has 2 aromatic carbocycles. The lowest BCUT2D eigenvalue weighted by atomic mass is 10.0. The van der Waals surface area contributed by atoms with Gasteiger partial charge in [-0.15, -0.1) is 0 Å². The molecule has 2 unspecified atom stereocenters. The van der Waals surface area contributed by atoms with Crippen LogP contribution in [0.15, 0.2) is 53.4 Å². The van der Waals surface area contributed by atoms with Gasteiger partial charge in [-0.05, 0) is 36.6 Å². The fourth-order valence-electron chi connectivity index (χ4n) is 3.41. The van der Waals surface area contributed by atoms with Gasteiger partial charge in [0.15, 0.2) is 0 Å². The number of nitrogens with two attached hydrogens (primary N) is 1. The fraction of sp³-hybridized carbons (Fsp3) is 0.375. The average molecular weight is 523 g/mol. The fourth-order valence-corrected chi connectivity index (χ4v) is 5.06. The van der Waals surface area contributed by atoms with Gasteiger partial charge in [-0.25, -0.2) is 8.42 Å². The third kappa shape index (κ3) is 7.86. The van der Waals surface area contributed by atoms with Gasteiger partial charge < -0.3 is 21.2 Å². The van der Waals surface area contributed by atoms with Crippen LogP contribution in [0.2, 0.25) is 5.02 Å². The third-order valence-corrected chi connectivity index (χ3v) is 7.80. The molecule has 2 rings (SSSR count). The van der Waals surface area contributed by atoms with Gasteiger partial charge in [0.25, 0.3) is 0 Å². The molecule has 11 heteroatoms. The average Bonchev–Trinajstić information content (AvgIpc) is 2.84. The van der Waals surface area contributed by atoms with Crippen LogP contribution >= 0.6 is 11.6 Å². The highest BCUT2D eigenvalue weighted by Gasteiger charge is 2.26. The van der Waals surface area contributed by atoms with E-state index in [4.69, 9.17) is 17.3 Å². The summed E-state index contributed by atoms with van der Waals surface area (Å²) in [4.78, 5) is 36.3. The Kier molecular flexibility index (Phi) is 10.8. The number of rotatable bonds is 13. The molecule has 0 aliphatic heterocycles. The first-order valence-corrected chi connectivity index (χ1v) is 13.1. The van der Waals surface area contributed by atoms with E-state index in [9.17, 15) is 22.8 Å². The number of aldehydes is 1. The van der Waals surface area contributed by atoms with Crippen LogP contribution in [0.4, 0.5) is 5.69 Å². The Morgan fingerprint density at radius 1 is 1.09 bits per heavy atom. The lowest BCUT2D eigenvalue weighted by molar-refractivity contribution is -0.128. The van der Waals surface area contributed by atoms with Crippen molar-refractivity contribution in [2.75, 3.05) is 18.4 Å². The van der Waals surface area contributed by atoms with Crippen LogP contribution in [-0.2, 0) is 30.8 Å². The first kappa shape index (κ1) is 28.4. The van der Waals surface area contributed by atoms with Crippen LogP contribution in [0.5, 0.6) is 0 Å². The molecule has 0 bridgehead atoms. The second-order valence-electron chi connectivity index (χ2n) is 7.81. The molecule has 2 amide bonds. The lowest BCUT2D eigenvalue weighted by Gasteiger charge is -2.22. The number of aryl methyl sites for hydroxylation is 1. The van der Waals surface area contributed by atoms with Crippen molar-refractivity contribution < 1.29 is 22.8 Å². The summed E-state index contributed by atoms with van der Waals surface area (Å²) in [7, 11) is -3.78. The Morgan fingerprint density at radius 2 is 1.74 bits per heavy atom. The van der Waals surface area contributed by atoms with Crippen LogP contribution in [-0.4, -0.2) is 56.0 Å². The van der Waals surface area contributed by atoms with Gasteiger partial charge in [0.05, 0.1) is 21.6 Å². The molecular formula is C24H31ClN4O5S. The number of hydrogen-bond donors (Lipinski definition) is 3. The summed E-state index contributed by atoms with van der Waals surface area (Å²) in [5.41, 5.74) is 6.77. The first-order valence-electron chi connectivity index (χ1n) is 11.3. The molecule has 0 aromatic heterocycles. The van der Waals surface area contributed by atoms with Gasteiger partial charge in [0.1, 0.15) is 12.3 Å². The Morgan fingerprint density at radius 3 is 2.34 bits per heavy atom. The number of benzene rings is 2. The van der Waals surface area contributed by atoms with Crippen molar-refractivity contribution in [2.24, 2.45) is 5.73 Å². The molecule has 0 heterocycles. The van der Waals surface area contributed by atoms with Crippen LogP contribution in [0, 0.1) is 0 Å². The van der Waals surface area contributed by atoms with Crippen molar-refractivity contribution in [1.82, 2.24) is 9.62 Å². The summed E-state index contributed by atoms with van der Waals surface area (Å²) in [6.45, 7) is 4.04. The van der Waals surface area contributed by atoms with E-state index in [0.717, 1.165) is 5.56 Å². The zero-order chi connectivity index (χ0) is 26.0. The van der Waals surface area contributed by atoms with Crippen LogP contribution in [0.25, 0.3) is 0 Å². The summed E-state index contributed by atoms with van der Waals surface area (Å²) >= 11 is 6.24. The van der Waals surface area contributed by atoms with E-state index in [1.165, 1.54) is 22.5 Å². The van der Waals surface area contributed by atoms with Crippen molar-refractivity contribution in [1.29, 1.82) is 0 Å². The maximum atomic E-state index is 13.2. The van der Waals surface area contributed by atoms with E-state index < -0.39 is 33.9 Å². The minimum Gasteiger partial charge on any atom is -0.343 e. The van der Waals surface area contributed by atoms with Crippen LogP contribution in [0.1, 0.15) is 32.3 Å². The van der Waals surface area contributed by atoms with Crippen molar-refractivity contribution in [3.05, 3.63) is 59.1 Å². The molecule has 2 atom stereocenters. The predicted molar refractivity (Wildman–Crippen MR) is 136 cm³/mol. The van der Waals surface area contributed by atoms with E-state index in [2.05, 4.69) is 10.6 Å². The maximum absolute atomic E-state index is 13.2. The molecule has 190 valence electrons. The van der Waals surface area contributed by atoms with E-state index in [-0.39, 0.29) is 41.5 Å². The predicted octanol–water partition coefficient (Wildman–Crippen LogP) is 2.34. The quantitative estimate of drug-likeness (QED) is 0.345. The summed E-state index contributed by atoms with van der Waals surface area (Å²) in [6, 6.07) is 11.4. The third-order valence-electron chi connectivity index (χ3n) is 5.42. The van der Waals surface area contributed by atoms with E-state index >= 15 is 0 Å². The van der Waals surface area contributed by atoms with Crippen molar-refractivity contribution in [3.8, 4) is 0 Å². The van der Waals surface area contributed by atoms with Gasteiger partial charge in [0, 0.05) is 19.5 Å². The Bertz CT molecular complexity index is 1120. The van der Waals surface area contributed by atoms with E-state index in [1.54, 1.807) is 13.8 Å². The van der Waals surface area contributed by atoms with Crippen molar-refractivity contribution in [3.63, 3.8) is 0 Å². The molecule has 0 saturated heterocycles. The number of nitrogens with zero attached hydrogens (tertiary/aromatic N) is 1. The van der Waals surface area contributed by atoms with Crippen LogP contribution in [0.3, 0.4) is 0 Å². The largest absolute Gasteiger partial charge is 0.343 e. The van der Waals surface area contributed by atoms with E-state index in [0.29, 0.717) is 12.7 Å². The highest BCUT2D eigenvalue weighted by Crippen LogP contribution is 2.27. The smallest absolute Gasteiger partial charge is 0.247 e. The lowest BCUT2D eigenvalue weighted by Crippen LogP contribution is -2.50. The monoisotopic (exact) mass is 522 g/mol. The minimum absolute atomic E-state index is 0.0150. The van der Waals surface area contributed by atoms with Gasteiger partial charge in [0.2, 0.25) is 21.8 Å². The molecule has 0 saturated carbocycles. The Balaban J connectivity index is 2.28. The van der Waals surface area contributed by atoms with Crippen molar-refractivity contribution in [2.45, 2.75) is 50.1 Å². The second-order valence-corrected chi connectivity index (χ2v) is 10.2. The molecule has 0 aliphatic carbocycles. The van der Waals surface area contributed by atoms with Gasteiger partial charge >= 0.3 is 0 Å². The molecule has 4 N–H and O–H groups in total. The SMILES string of the molecule is CCN(CC)S(=O)(=O)c1ccc(Cl)c(NC(=O)C(CCc2ccccc2)NC(=O)C(N)CC=O)c1. The molecule has 0 aliphatic rings. The normalized spacial score (nSPS) is 13.2. The molecule has 35 heavy (non-hydrogen) atoms. The molecule has 9 nitrogen and oxygen atoms in total. The van der Waals surface area contributed by atoms with E-state index in [1.807, 2.05) is 30.3 Å². The number of carbonyl (C=O) groups is 3. The second kappa shape index (κ2) is 13.3. The van der Waals surface area contributed by atoms with Gasteiger partial charge in [-0.2, -0.15) is 4.31 Å². The number of anilines is 1. The minimum atomic E-state index is -3.78. The van der Waals surface area contributed by atoms with Gasteiger partial charge in [-0.1, -0.05) is 55.8 Å². The number of hydrogen-bond acceptors (Lipinski definition) is 6. The topological polar surface area (TPSA) is 139 Å². The Hall–Kier alpha value is -2.79. The molecular weight excluding hydrogens is 492 g/mol. The van der Waals surface area contributed by atoms with Crippen LogP contribution < -0.4 is 16.4 Å². The number of carbonyl (C=O) groups excluding carboxylic acids is 3. The summed E-state index contributed by atoms with van der Waals surface area (Å²) in [5.74, 6) is -1.24. The van der Waals surface area contributed by atoms with Crippen molar-refractivity contribution >= 4 is 45.4 Å².